The third-order valence-electron chi connectivity index (χ3n) is 25.5. The van der Waals surface area contributed by atoms with Gasteiger partial charge in [-0.2, -0.15) is 0 Å². The van der Waals surface area contributed by atoms with Crippen molar-refractivity contribution >= 4 is 5.97 Å². The molecule has 30 nitrogen and oxygen atoms in total. The molecule has 4 saturated carbocycles. The number of aliphatic hydroxyl groups is 17. The Labute approximate surface area is 558 Å². The van der Waals surface area contributed by atoms with Crippen LogP contribution in [0.5, 0.6) is 0 Å². The molecule has 0 aromatic heterocycles. The minimum Gasteiger partial charge on any atom is -0.432 e. The number of ether oxygens (including phenoxy) is 12. The van der Waals surface area contributed by atoms with Gasteiger partial charge < -0.3 is 144 Å². The number of aliphatic hydroxyl groups excluding tert-OH is 17. The molecule has 6 heterocycles. The number of hydrogen-bond acceptors (Lipinski definition) is 30. The number of esters is 1. The molecule has 38 atom stereocenters. The standard InChI is InChI=1S/C66H108O30/c1-25-36(69)40(73)45(78)55(86-25)94-52-31(23-68)90-54(49(82)44(52)77)85-24-32-39(72)43(76)48(81)58(91-32)96-60(84)66-19-17-61(4,5)21-29(66)28-11-12-34-63(8)15-14-35(62(6,7)33(63)13-16-65(34,10)64(28,9)18-20-66)92-59-53(95-56-46(79)41(74)37(70)26(2)87-56)50(83)51(27(3)88-59)93-57-47(80)42(75)38(71)30(22-67)89-57/h11,25-27,29-59,67-83H,12-24H2,1-10H3. The monoisotopic (exact) mass is 1380 g/mol. The Morgan fingerprint density at radius 2 is 0.958 bits per heavy atom. The maximum atomic E-state index is 15.4. The average molecular weight is 1380 g/mol. The van der Waals surface area contributed by atoms with Gasteiger partial charge in [-0.15, -0.1) is 0 Å². The number of rotatable bonds is 15. The van der Waals surface area contributed by atoms with Crippen LogP contribution in [0.15, 0.2) is 11.6 Å². The van der Waals surface area contributed by atoms with E-state index in [1.807, 2.05) is 0 Å². The fraction of sp³-hybridized carbons (Fsp3) is 0.955. The van der Waals surface area contributed by atoms with E-state index in [0.717, 1.165) is 19.3 Å². The second-order valence-corrected chi connectivity index (χ2v) is 31.9. The largest absolute Gasteiger partial charge is 0.432 e. The molecule has 10 fully saturated rings. The first kappa shape index (κ1) is 75.3. The van der Waals surface area contributed by atoms with Gasteiger partial charge in [-0.3, -0.25) is 4.79 Å². The predicted octanol–water partition coefficient (Wildman–Crippen LogP) is -3.30. The summed E-state index contributed by atoms with van der Waals surface area (Å²) in [5.74, 6) is -0.711. The first-order chi connectivity index (χ1) is 44.9. The van der Waals surface area contributed by atoms with Crippen molar-refractivity contribution in [2.45, 2.75) is 324 Å². The smallest absolute Gasteiger partial charge is 0.315 e. The second-order valence-electron chi connectivity index (χ2n) is 31.9. The highest BCUT2D eigenvalue weighted by Crippen LogP contribution is 2.76. The van der Waals surface area contributed by atoms with E-state index >= 15 is 4.79 Å². The summed E-state index contributed by atoms with van der Waals surface area (Å²) in [7, 11) is 0. The summed E-state index contributed by atoms with van der Waals surface area (Å²) in [5.41, 5.74) is -1.61. The van der Waals surface area contributed by atoms with E-state index in [1.54, 1.807) is 6.92 Å². The van der Waals surface area contributed by atoms with Gasteiger partial charge in [0.15, 0.2) is 31.5 Å². The molecule has 0 aromatic carbocycles. The van der Waals surface area contributed by atoms with Crippen LogP contribution in [-0.2, 0) is 61.6 Å². The Bertz CT molecular complexity index is 2710. The van der Waals surface area contributed by atoms with Crippen molar-refractivity contribution in [3.63, 3.8) is 0 Å². The predicted molar refractivity (Wildman–Crippen MR) is 324 cm³/mol. The fourth-order valence-electron chi connectivity index (χ4n) is 19.2. The van der Waals surface area contributed by atoms with Crippen LogP contribution in [0.25, 0.3) is 0 Å². The molecule has 96 heavy (non-hydrogen) atoms. The Morgan fingerprint density at radius 1 is 0.458 bits per heavy atom. The van der Waals surface area contributed by atoms with E-state index < -0.39 is 232 Å². The van der Waals surface area contributed by atoms with E-state index in [9.17, 15) is 86.8 Å². The summed E-state index contributed by atoms with van der Waals surface area (Å²) >= 11 is 0. The molecule has 6 saturated heterocycles. The van der Waals surface area contributed by atoms with Crippen LogP contribution < -0.4 is 0 Å². The van der Waals surface area contributed by atoms with Crippen LogP contribution >= 0.6 is 0 Å². The lowest BCUT2D eigenvalue weighted by atomic mass is 9.33. The van der Waals surface area contributed by atoms with Crippen molar-refractivity contribution in [1.82, 2.24) is 0 Å². The van der Waals surface area contributed by atoms with Gasteiger partial charge in [0.1, 0.15) is 128 Å². The van der Waals surface area contributed by atoms with Crippen molar-refractivity contribution in [1.29, 1.82) is 0 Å². The lowest BCUT2D eigenvalue weighted by Gasteiger charge is -2.71. The van der Waals surface area contributed by atoms with Gasteiger partial charge in [0.2, 0.25) is 6.29 Å². The van der Waals surface area contributed by atoms with Gasteiger partial charge in [-0.05, 0) is 130 Å². The molecule has 6 aliphatic heterocycles. The first-order valence-electron chi connectivity index (χ1n) is 34.4. The summed E-state index contributed by atoms with van der Waals surface area (Å²) in [4.78, 5) is 15.4. The van der Waals surface area contributed by atoms with E-state index in [0.29, 0.717) is 44.9 Å². The molecule has 11 rings (SSSR count). The van der Waals surface area contributed by atoms with Gasteiger partial charge in [0.05, 0.1) is 49.7 Å². The van der Waals surface area contributed by atoms with Gasteiger partial charge in [0.25, 0.3) is 0 Å². The normalized spacial score (nSPS) is 54.9. The quantitative estimate of drug-likeness (QED) is 0.0434. The third kappa shape index (κ3) is 12.8. The van der Waals surface area contributed by atoms with Crippen molar-refractivity contribution in [2.75, 3.05) is 19.8 Å². The molecule has 552 valence electrons. The van der Waals surface area contributed by atoms with Crippen LogP contribution in [0.1, 0.15) is 133 Å². The summed E-state index contributed by atoms with van der Waals surface area (Å²) in [6, 6.07) is 0. The van der Waals surface area contributed by atoms with Gasteiger partial charge >= 0.3 is 5.97 Å². The zero-order valence-electron chi connectivity index (χ0n) is 56.3. The third-order valence-corrected chi connectivity index (χ3v) is 25.5. The molecular weight excluding hydrogens is 1270 g/mol. The number of allylic oxidation sites excluding steroid dienone is 2. The maximum absolute atomic E-state index is 15.4. The molecule has 0 spiro atoms. The molecule has 0 amide bonds. The highest BCUT2D eigenvalue weighted by atomic mass is 16.8. The second kappa shape index (κ2) is 27.9. The Kier molecular flexibility index (Phi) is 21.9. The number of hydrogen-bond donors (Lipinski definition) is 17. The average Bonchev–Trinajstić information content (AvgIpc) is 0.678. The molecule has 0 bridgehead atoms. The van der Waals surface area contributed by atoms with Crippen molar-refractivity contribution < 1.29 is 148 Å². The topological polar surface area (TPSA) is 472 Å². The summed E-state index contributed by atoms with van der Waals surface area (Å²) in [6.45, 7) is 18.1. The van der Waals surface area contributed by atoms with Crippen LogP contribution in [0.2, 0.25) is 0 Å². The van der Waals surface area contributed by atoms with Crippen molar-refractivity contribution in [3.8, 4) is 0 Å². The Morgan fingerprint density at radius 3 is 1.56 bits per heavy atom. The maximum Gasteiger partial charge on any atom is 0.315 e. The number of fused-ring (bicyclic) bond motifs is 7. The lowest BCUT2D eigenvalue weighted by molar-refractivity contribution is -0.391. The summed E-state index contributed by atoms with van der Waals surface area (Å²) < 4.78 is 72.6. The van der Waals surface area contributed by atoms with E-state index in [2.05, 4.69) is 54.5 Å². The number of carbonyl (C=O) groups is 1. The van der Waals surface area contributed by atoms with Gasteiger partial charge in [-0.1, -0.05) is 60.1 Å². The van der Waals surface area contributed by atoms with Crippen LogP contribution in [0.4, 0.5) is 0 Å². The lowest BCUT2D eigenvalue weighted by Crippen LogP contribution is -2.67. The fourth-order valence-corrected chi connectivity index (χ4v) is 19.2. The van der Waals surface area contributed by atoms with E-state index in [-0.39, 0.29) is 34.0 Å². The number of carbonyl (C=O) groups excluding carboxylic acids is 1. The molecule has 30 heteroatoms. The minimum absolute atomic E-state index is 0.0664. The first-order valence-corrected chi connectivity index (χ1v) is 34.4. The van der Waals surface area contributed by atoms with Crippen molar-refractivity contribution in [3.05, 3.63) is 11.6 Å². The molecule has 11 aliphatic rings. The van der Waals surface area contributed by atoms with E-state index in [1.165, 1.54) is 19.4 Å². The van der Waals surface area contributed by atoms with E-state index in [4.69, 9.17) is 56.8 Å². The molecular formula is C66H108O30. The molecule has 0 aromatic rings. The highest BCUT2D eigenvalue weighted by Gasteiger charge is 2.71. The van der Waals surface area contributed by atoms with Gasteiger partial charge in [-0.25, -0.2) is 0 Å². The highest BCUT2D eigenvalue weighted by molar-refractivity contribution is 5.79. The van der Waals surface area contributed by atoms with Crippen LogP contribution in [0, 0.1) is 50.2 Å². The molecule has 17 N–H and O–H groups in total. The molecule has 38 unspecified atom stereocenters. The zero-order valence-corrected chi connectivity index (χ0v) is 56.3. The molecule has 0 radical (unpaired) electrons. The van der Waals surface area contributed by atoms with Crippen LogP contribution in [0.3, 0.4) is 0 Å². The Balaban J connectivity index is 0.785. The van der Waals surface area contributed by atoms with Crippen molar-refractivity contribution in [2.24, 2.45) is 50.2 Å². The minimum atomic E-state index is -1.91. The SMILES string of the molecule is CC1OC(OC2C(CO)OC(OCC3OC(OC(=O)C45CCC(C)(C)CC4C4=CCC6C7(C)CCC(OC8OC(C)C(OC9OC(CO)C(O)C(O)C9O)C(O)C8OC8OC(C)C(O)C(O)C8O)C(C)(C)C7CCC6(C)C4(C)CC5)C(O)C(O)C3O)C(O)C2O)C(O)C(O)C1O. The molecule has 5 aliphatic carbocycles. The Hall–Kier alpha value is -1.91. The summed E-state index contributed by atoms with van der Waals surface area (Å²) in [5, 5.41) is 185. The zero-order chi connectivity index (χ0) is 70.2. The summed E-state index contributed by atoms with van der Waals surface area (Å²) in [6.07, 6.45) is -39.6. The van der Waals surface area contributed by atoms with Gasteiger partial charge in [0, 0.05) is 0 Å². The van der Waals surface area contributed by atoms with Crippen LogP contribution in [-0.4, -0.2) is 303 Å².